The highest BCUT2D eigenvalue weighted by Crippen LogP contribution is 2.30. The molecule has 0 aliphatic carbocycles. The summed E-state index contributed by atoms with van der Waals surface area (Å²) < 4.78 is 10.9. The summed E-state index contributed by atoms with van der Waals surface area (Å²) >= 11 is 5.96. The third-order valence-corrected chi connectivity index (χ3v) is 5.26. The van der Waals surface area contributed by atoms with Gasteiger partial charge >= 0.3 is 0 Å². The van der Waals surface area contributed by atoms with Crippen LogP contribution < -0.4 is 5.32 Å². The number of rotatable bonds is 6. The molecule has 2 heterocycles. The quantitative estimate of drug-likeness (QED) is 0.730. The van der Waals surface area contributed by atoms with E-state index in [-0.39, 0.29) is 18.4 Å². The van der Waals surface area contributed by atoms with Crippen LogP contribution >= 0.6 is 11.6 Å². The van der Waals surface area contributed by atoms with E-state index in [2.05, 4.69) is 10.2 Å². The Labute approximate surface area is 164 Å². The average Bonchev–Trinajstić information content (AvgIpc) is 2.69. The van der Waals surface area contributed by atoms with Crippen LogP contribution in [-0.2, 0) is 19.1 Å². The maximum Gasteiger partial charge on any atom is 0.251 e. The number of nitrogens with zero attached hydrogens (tertiary/aromatic N) is 2. The molecule has 0 saturated carbocycles. The number of halogens is 1. The number of amides is 2. The largest absolute Gasteiger partial charge is 0.379 e. The maximum atomic E-state index is 12.7. The van der Waals surface area contributed by atoms with Crippen LogP contribution in [0.15, 0.2) is 24.3 Å². The van der Waals surface area contributed by atoms with Gasteiger partial charge in [-0.05, 0) is 30.7 Å². The molecule has 2 amide bonds. The Kier molecular flexibility index (Phi) is 7.07. The van der Waals surface area contributed by atoms with Crippen molar-refractivity contribution in [1.29, 1.82) is 0 Å². The molecule has 0 unspecified atom stereocenters. The molecule has 8 heteroatoms. The molecule has 1 aromatic carbocycles. The minimum atomic E-state index is -0.739. The van der Waals surface area contributed by atoms with E-state index in [9.17, 15) is 9.59 Å². The van der Waals surface area contributed by atoms with Crippen molar-refractivity contribution in [2.24, 2.45) is 0 Å². The van der Waals surface area contributed by atoms with Crippen molar-refractivity contribution in [1.82, 2.24) is 15.1 Å². The number of carbonyl (C=O) groups excluding carboxylic acids is 2. The van der Waals surface area contributed by atoms with Crippen molar-refractivity contribution >= 4 is 23.4 Å². The average molecular weight is 396 g/mol. The minimum Gasteiger partial charge on any atom is -0.379 e. The zero-order valence-electron chi connectivity index (χ0n) is 15.5. The standard InChI is InChI=1S/C19H26ClN3O4/c1-22-16(24)13-27-18(17(22)14-3-5-15(20)6-4-14)19(25)21-7-2-8-23-9-11-26-12-10-23/h3-6,17-18H,2,7-13H2,1H3,(H,21,25)/t17-,18-/m0/s1. The molecule has 2 atom stereocenters. The van der Waals surface area contributed by atoms with E-state index in [4.69, 9.17) is 21.1 Å². The van der Waals surface area contributed by atoms with E-state index in [1.54, 1.807) is 24.1 Å². The Morgan fingerprint density at radius 2 is 1.96 bits per heavy atom. The van der Waals surface area contributed by atoms with Crippen molar-refractivity contribution < 1.29 is 19.1 Å². The number of ether oxygens (including phenoxy) is 2. The molecule has 0 aromatic heterocycles. The van der Waals surface area contributed by atoms with Gasteiger partial charge in [-0.3, -0.25) is 14.5 Å². The normalized spacial score (nSPS) is 24.1. The van der Waals surface area contributed by atoms with E-state index < -0.39 is 12.1 Å². The number of hydrogen-bond donors (Lipinski definition) is 1. The monoisotopic (exact) mass is 395 g/mol. The van der Waals surface area contributed by atoms with E-state index >= 15 is 0 Å². The maximum absolute atomic E-state index is 12.7. The Morgan fingerprint density at radius 1 is 1.26 bits per heavy atom. The zero-order chi connectivity index (χ0) is 19.2. The van der Waals surface area contributed by atoms with Gasteiger partial charge in [0.2, 0.25) is 5.91 Å². The van der Waals surface area contributed by atoms with Gasteiger partial charge in [-0.15, -0.1) is 0 Å². The highest BCUT2D eigenvalue weighted by Gasteiger charge is 2.39. The van der Waals surface area contributed by atoms with Gasteiger partial charge in [-0.25, -0.2) is 0 Å². The lowest BCUT2D eigenvalue weighted by Crippen LogP contribution is -2.53. The molecule has 2 fully saturated rings. The summed E-state index contributed by atoms with van der Waals surface area (Å²) in [5.41, 5.74) is 0.823. The summed E-state index contributed by atoms with van der Waals surface area (Å²) in [6.07, 6.45) is 0.121. The smallest absolute Gasteiger partial charge is 0.251 e. The van der Waals surface area contributed by atoms with Crippen molar-refractivity contribution in [3.05, 3.63) is 34.9 Å². The third kappa shape index (κ3) is 5.19. The fourth-order valence-corrected chi connectivity index (χ4v) is 3.56. The third-order valence-electron chi connectivity index (χ3n) is 5.01. The van der Waals surface area contributed by atoms with Crippen LogP contribution in [0, 0.1) is 0 Å². The summed E-state index contributed by atoms with van der Waals surface area (Å²) in [6, 6.07) is 6.68. The van der Waals surface area contributed by atoms with Crippen molar-refractivity contribution in [2.45, 2.75) is 18.6 Å². The highest BCUT2D eigenvalue weighted by molar-refractivity contribution is 6.30. The molecule has 148 valence electrons. The molecular weight excluding hydrogens is 370 g/mol. The van der Waals surface area contributed by atoms with E-state index in [1.165, 1.54) is 0 Å². The van der Waals surface area contributed by atoms with Crippen LogP contribution in [-0.4, -0.2) is 80.8 Å². The molecule has 3 rings (SSSR count). The molecule has 0 radical (unpaired) electrons. The Hall–Kier alpha value is -1.67. The first-order chi connectivity index (χ1) is 13.1. The lowest BCUT2D eigenvalue weighted by atomic mass is 9.97. The van der Waals surface area contributed by atoms with Crippen LogP contribution in [0.2, 0.25) is 5.02 Å². The van der Waals surface area contributed by atoms with Gasteiger partial charge in [-0.2, -0.15) is 0 Å². The number of hydrogen-bond acceptors (Lipinski definition) is 5. The summed E-state index contributed by atoms with van der Waals surface area (Å²) in [4.78, 5) is 28.7. The number of morpholine rings is 2. The van der Waals surface area contributed by atoms with E-state index in [1.807, 2.05) is 12.1 Å². The first-order valence-electron chi connectivity index (χ1n) is 9.27. The van der Waals surface area contributed by atoms with Crippen LogP contribution in [0.25, 0.3) is 0 Å². The van der Waals surface area contributed by atoms with Gasteiger partial charge in [0.25, 0.3) is 5.91 Å². The van der Waals surface area contributed by atoms with Crippen molar-refractivity contribution in [3.8, 4) is 0 Å². The van der Waals surface area contributed by atoms with Crippen LogP contribution in [0.5, 0.6) is 0 Å². The molecule has 1 N–H and O–H groups in total. The molecule has 2 aliphatic heterocycles. The highest BCUT2D eigenvalue weighted by atomic mass is 35.5. The van der Waals surface area contributed by atoms with Crippen LogP contribution in [0.4, 0.5) is 0 Å². The molecule has 0 bridgehead atoms. The van der Waals surface area contributed by atoms with Crippen molar-refractivity contribution in [3.63, 3.8) is 0 Å². The van der Waals surface area contributed by atoms with E-state index in [0.29, 0.717) is 11.6 Å². The fourth-order valence-electron chi connectivity index (χ4n) is 3.43. The molecule has 2 saturated heterocycles. The lowest BCUT2D eigenvalue weighted by molar-refractivity contribution is -0.162. The Balaban J connectivity index is 1.57. The zero-order valence-corrected chi connectivity index (χ0v) is 16.3. The summed E-state index contributed by atoms with van der Waals surface area (Å²) in [7, 11) is 1.70. The van der Waals surface area contributed by atoms with Crippen LogP contribution in [0.1, 0.15) is 18.0 Å². The van der Waals surface area contributed by atoms with Crippen LogP contribution in [0.3, 0.4) is 0 Å². The first-order valence-corrected chi connectivity index (χ1v) is 9.64. The summed E-state index contributed by atoms with van der Waals surface area (Å²) in [5.74, 6) is -0.345. The minimum absolute atomic E-state index is 0.0908. The summed E-state index contributed by atoms with van der Waals surface area (Å²) in [6.45, 7) is 4.81. The second-order valence-electron chi connectivity index (χ2n) is 6.83. The molecule has 0 spiro atoms. The van der Waals surface area contributed by atoms with Gasteiger partial charge in [-0.1, -0.05) is 23.7 Å². The first kappa shape index (κ1) is 20.1. The summed E-state index contributed by atoms with van der Waals surface area (Å²) in [5, 5.41) is 3.56. The van der Waals surface area contributed by atoms with Gasteiger partial charge in [0.1, 0.15) is 6.61 Å². The number of carbonyl (C=O) groups is 2. The molecular formula is C19H26ClN3O4. The van der Waals surface area contributed by atoms with Gasteiger partial charge < -0.3 is 19.7 Å². The molecule has 7 nitrogen and oxygen atoms in total. The molecule has 2 aliphatic rings. The van der Waals surface area contributed by atoms with Gasteiger partial charge in [0.05, 0.1) is 19.3 Å². The lowest BCUT2D eigenvalue weighted by Gasteiger charge is -2.38. The van der Waals surface area contributed by atoms with Crippen molar-refractivity contribution in [2.75, 3.05) is 53.0 Å². The number of nitrogens with one attached hydrogen (secondary N) is 1. The Morgan fingerprint density at radius 3 is 2.67 bits per heavy atom. The SMILES string of the molecule is CN1C(=O)CO[C@H](C(=O)NCCCN2CCOCC2)[C@@H]1c1ccc(Cl)cc1. The predicted octanol–water partition coefficient (Wildman–Crippen LogP) is 1.08. The molecule has 1 aromatic rings. The predicted molar refractivity (Wildman–Crippen MR) is 102 cm³/mol. The fraction of sp³-hybridized carbons (Fsp3) is 0.579. The molecule has 27 heavy (non-hydrogen) atoms. The number of benzene rings is 1. The van der Waals surface area contributed by atoms with Gasteiger partial charge in [0.15, 0.2) is 6.10 Å². The second kappa shape index (κ2) is 9.50. The van der Waals surface area contributed by atoms with Gasteiger partial charge in [0, 0.05) is 31.7 Å². The second-order valence-corrected chi connectivity index (χ2v) is 7.27. The van der Waals surface area contributed by atoms with E-state index in [0.717, 1.165) is 44.8 Å². The Bertz CT molecular complexity index is 649. The number of likely N-dealkylation sites (N-methyl/N-ethyl adjacent to an activating group) is 1. The topological polar surface area (TPSA) is 71.1 Å².